The van der Waals surface area contributed by atoms with Gasteiger partial charge in [-0.05, 0) is 37.1 Å². The lowest BCUT2D eigenvalue weighted by Gasteiger charge is -2.22. The Morgan fingerprint density at radius 1 is 1.07 bits per heavy atom. The van der Waals surface area contributed by atoms with Gasteiger partial charge in [0.05, 0.1) is 16.0 Å². The monoisotopic (exact) mass is 379 g/mol. The van der Waals surface area contributed by atoms with Gasteiger partial charge < -0.3 is 4.90 Å². The van der Waals surface area contributed by atoms with Crippen LogP contribution in [0.3, 0.4) is 0 Å². The summed E-state index contributed by atoms with van der Waals surface area (Å²) in [7, 11) is 0. The highest BCUT2D eigenvalue weighted by molar-refractivity contribution is 6.01. The topological polar surface area (TPSA) is 93.3 Å². The number of benzene rings is 2. The minimum atomic E-state index is -0.423. The summed E-state index contributed by atoms with van der Waals surface area (Å²) in [6, 6.07) is 12.1. The molecule has 1 N–H and O–H groups in total. The number of nitro groups is 1. The molecule has 2 heterocycles. The fraction of sp³-hybridized carbons (Fsp3) is 0.300. The number of amides is 1. The van der Waals surface area contributed by atoms with Crippen molar-refractivity contribution in [1.29, 1.82) is 0 Å². The molecule has 1 aliphatic rings. The molecule has 0 aliphatic carbocycles. The molecule has 1 aliphatic heterocycles. The Kier molecular flexibility index (Phi) is 4.92. The van der Waals surface area contributed by atoms with E-state index < -0.39 is 10.8 Å². The Morgan fingerprint density at radius 2 is 1.82 bits per heavy atom. The summed E-state index contributed by atoms with van der Waals surface area (Å²) in [6.45, 7) is 1.60. The highest BCUT2D eigenvalue weighted by Crippen LogP contribution is 2.31. The van der Waals surface area contributed by atoms with Crippen LogP contribution in [0.15, 0.2) is 48.8 Å². The predicted molar refractivity (Wildman–Crippen MR) is 107 cm³/mol. The zero-order valence-corrected chi connectivity index (χ0v) is 15.4. The van der Waals surface area contributed by atoms with Crippen molar-refractivity contribution in [3.63, 3.8) is 0 Å². The highest BCUT2D eigenvalue weighted by Gasteiger charge is 2.23. The lowest BCUT2D eigenvalue weighted by molar-refractivity contribution is -0.384. The third-order valence-corrected chi connectivity index (χ3v) is 5.06. The average Bonchev–Trinajstić information content (AvgIpc) is 2.92. The number of hydrogen-bond acceptors (Lipinski definition) is 5. The molecule has 8 nitrogen and oxygen atoms in total. The van der Waals surface area contributed by atoms with E-state index in [2.05, 4.69) is 15.3 Å². The van der Waals surface area contributed by atoms with Gasteiger partial charge in [0.15, 0.2) is 0 Å². The predicted octanol–water partition coefficient (Wildman–Crippen LogP) is 3.71. The van der Waals surface area contributed by atoms with E-state index in [1.165, 1.54) is 17.1 Å². The van der Waals surface area contributed by atoms with Crippen LogP contribution in [0.1, 0.15) is 36.0 Å². The van der Waals surface area contributed by atoms with Crippen molar-refractivity contribution in [3.05, 3.63) is 64.5 Å². The minimum Gasteiger partial charge on any atom is -0.366 e. The van der Waals surface area contributed by atoms with Crippen LogP contribution in [-0.2, 0) is 0 Å². The quantitative estimate of drug-likeness (QED) is 0.551. The number of aromatic nitrogens is 2. The number of imidazole rings is 1. The Morgan fingerprint density at radius 3 is 2.57 bits per heavy atom. The van der Waals surface area contributed by atoms with Crippen molar-refractivity contribution in [3.8, 4) is 0 Å². The van der Waals surface area contributed by atoms with Crippen LogP contribution in [0.2, 0.25) is 0 Å². The van der Waals surface area contributed by atoms with Crippen LogP contribution in [0.4, 0.5) is 11.4 Å². The zero-order valence-electron chi connectivity index (χ0n) is 15.4. The Labute approximate surface area is 161 Å². The molecule has 0 unspecified atom stereocenters. The van der Waals surface area contributed by atoms with Gasteiger partial charge in [-0.2, -0.15) is 0 Å². The molecule has 2 aromatic carbocycles. The molecular formula is C20H21N5O3. The van der Waals surface area contributed by atoms with Gasteiger partial charge in [-0.15, -0.1) is 0 Å². The second kappa shape index (κ2) is 7.67. The smallest absolute Gasteiger partial charge is 0.293 e. The van der Waals surface area contributed by atoms with Gasteiger partial charge >= 0.3 is 0 Å². The Balaban J connectivity index is 1.61. The SMILES string of the molecule is O=C(Nn1cnc2ccccc21)c1ccc(N2CCCCCC2)c([N+](=O)[O-])c1. The molecule has 1 saturated heterocycles. The van der Waals surface area contributed by atoms with Crippen molar-refractivity contribution >= 4 is 28.3 Å². The van der Waals surface area contributed by atoms with E-state index in [1.54, 1.807) is 12.1 Å². The summed E-state index contributed by atoms with van der Waals surface area (Å²) in [6.07, 6.45) is 5.84. The summed E-state index contributed by atoms with van der Waals surface area (Å²) in [4.78, 5) is 30.2. The number of anilines is 1. The molecule has 8 heteroatoms. The number of para-hydroxylation sites is 2. The summed E-state index contributed by atoms with van der Waals surface area (Å²) in [5.41, 5.74) is 5.03. The molecule has 28 heavy (non-hydrogen) atoms. The summed E-state index contributed by atoms with van der Waals surface area (Å²) in [5, 5.41) is 11.6. The first-order chi connectivity index (χ1) is 13.6. The molecule has 4 rings (SSSR count). The molecule has 1 amide bonds. The molecule has 0 bridgehead atoms. The first-order valence-corrected chi connectivity index (χ1v) is 9.40. The summed E-state index contributed by atoms with van der Waals surface area (Å²) >= 11 is 0. The molecule has 144 valence electrons. The van der Waals surface area contributed by atoms with Crippen molar-refractivity contribution in [2.75, 3.05) is 23.4 Å². The largest absolute Gasteiger partial charge is 0.366 e. The van der Waals surface area contributed by atoms with Gasteiger partial charge in [-0.3, -0.25) is 20.3 Å². The molecule has 1 aromatic heterocycles. The van der Waals surface area contributed by atoms with Crippen molar-refractivity contribution in [2.45, 2.75) is 25.7 Å². The van der Waals surface area contributed by atoms with E-state index >= 15 is 0 Å². The molecule has 3 aromatic rings. The molecule has 0 saturated carbocycles. The van der Waals surface area contributed by atoms with Gasteiger partial charge in [0.2, 0.25) is 0 Å². The zero-order chi connectivity index (χ0) is 19.5. The number of nitrogens with one attached hydrogen (secondary N) is 1. The number of rotatable bonds is 4. The van der Waals surface area contributed by atoms with Crippen LogP contribution < -0.4 is 10.3 Å². The van der Waals surface area contributed by atoms with Crippen molar-refractivity contribution in [1.82, 2.24) is 9.66 Å². The van der Waals surface area contributed by atoms with Crippen LogP contribution in [0, 0.1) is 10.1 Å². The van der Waals surface area contributed by atoms with Crippen LogP contribution in [0.5, 0.6) is 0 Å². The summed E-state index contributed by atoms with van der Waals surface area (Å²) < 4.78 is 1.52. The van der Waals surface area contributed by atoms with Gasteiger partial charge in [0.1, 0.15) is 12.0 Å². The van der Waals surface area contributed by atoms with Crippen LogP contribution >= 0.6 is 0 Å². The molecular weight excluding hydrogens is 358 g/mol. The second-order valence-corrected chi connectivity index (χ2v) is 6.91. The Hall–Kier alpha value is -3.42. The number of nitro benzene ring substituents is 1. The first-order valence-electron chi connectivity index (χ1n) is 9.40. The van der Waals surface area contributed by atoms with Gasteiger partial charge in [-0.25, -0.2) is 9.66 Å². The number of fused-ring (bicyclic) bond motifs is 1. The highest BCUT2D eigenvalue weighted by atomic mass is 16.6. The number of carbonyl (C=O) groups is 1. The molecule has 1 fully saturated rings. The third-order valence-electron chi connectivity index (χ3n) is 5.06. The minimum absolute atomic E-state index is 0.0370. The average molecular weight is 379 g/mol. The second-order valence-electron chi connectivity index (χ2n) is 6.91. The van der Waals surface area contributed by atoms with E-state index in [0.717, 1.165) is 49.8 Å². The van der Waals surface area contributed by atoms with E-state index in [0.29, 0.717) is 5.69 Å². The van der Waals surface area contributed by atoms with Gasteiger partial charge in [0, 0.05) is 24.7 Å². The number of carbonyl (C=O) groups excluding carboxylic acids is 1. The molecule has 0 radical (unpaired) electrons. The van der Waals surface area contributed by atoms with Gasteiger partial charge in [0.25, 0.3) is 11.6 Å². The maximum absolute atomic E-state index is 12.7. The molecule has 0 spiro atoms. The maximum atomic E-state index is 12.7. The van der Waals surface area contributed by atoms with Gasteiger partial charge in [-0.1, -0.05) is 25.0 Å². The normalized spacial score (nSPS) is 14.6. The fourth-order valence-electron chi connectivity index (χ4n) is 3.61. The standard InChI is InChI=1S/C20H21N5O3/c26-20(22-24-14-21-16-7-3-4-8-17(16)24)15-9-10-18(19(13-15)25(27)28)23-11-5-1-2-6-12-23/h3-4,7-10,13-14H,1-2,5-6,11-12H2,(H,22,26). The van der Waals surface area contributed by atoms with Crippen molar-refractivity contribution in [2.24, 2.45) is 0 Å². The summed E-state index contributed by atoms with van der Waals surface area (Å²) in [5.74, 6) is -0.423. The van der Waals surface area contributed by atoms with E-state index in [4.69, 9.17) is 0 Å². The lowest BCUT2D eigenvalue weighted by atomic mass is 10.1. The van der Waals surface area contributed by atoms with Crippen LogP contribution in [-0.4, -0.2) is 33.6 Å². The maximum Gasteiger partial charge on any atom is 0.293 e. The fourth-order valence-corrected chi connectivity index (χ4v) is 3.61. The first kappa shape index (κ1) is 18.0. The lowest BCUT2D eigenvalue weighted by Crippen LogP contribution is -2.25. The van der Waals surface area contributed by atoms with E-state index in [9.17, 15) is 14.9 Å². The number of nitrogens with zero attached hydrogens (tertiary/aromatic N) is 4. The van der Waals surface area contributed by atoms with E-state index in [-0.39, 0.29) is 11.3 Å². The molecule has 0 atom stereocenters. The number of hydrogen-bond donors (Lipinski definition) is 1. The van der Waals surface area contributed by atoms with E-state index in [1.807, 2.05) is 24.3 Å². The van der Waals surface area contributed by atoms with Crippen LogP contribution in [0.25, 0.3) is 11.0 Å². The Bertz CT molecular complexity index is 1020. The third kappa shape index (κ3) is 3.53. The van der Waals surface area contributed by atoms with Crippen molar-refractivity contribution < 1.29 is 9.72 Å².